The zero-order valence-electron chi connectivity index (χ0n) is 13.8. The lowest BCUT2D eigenvalue weighted by Gasteiger charge is -2.14. The van der Waals surface area contributed by atoms with Gasteiger partial charge in [-0.2, -0.15) is 5.10 Å². The molecule has 1 aliphatic carbocycles. The number of aromatic carboxylic acids is 1. The first-order valence-electron chi connectivity index (χ1n) is 8.18. The quantitative estimate of drug-likeness (QED) is 0.813. The van der Waals surface area contributed by atoms with Crippen LogP contribution in [0.1, 0.15) is 77.4 Å². The molecule has 0 saturated heterocycles. The highest BCUT2D eigenvalue weighted by molar-refractivity contribution is 5.95. The van der Waals surface area contributed by atoms with Gasteiger partial charge in [-0.1, -0.05) is 6.92 Å². The zero-order valence-corrected chi connectivity index (χ0v) is 13.8. The van der Waals surface area contributed by atoms with E-state index in [1.165, 1.54) is 6.07 Å². The van der Waals surface area contributed by atoms with Crippen molar-refractivity contribution in [3.8, 4) is 0 Å². The first-order valence-corrected chi connectivity index (χ1v) is 8.18. The second kappa shape index (κ2) is 6.51. The summed E-state index contributed by atoms with van der Waals surface area (Å²) in [5.74, 6) is -0.659. The summed E-state index contributed by atoms with van der Waals surface area (Å²) in [6.45, 7) is 4.33. The lowest BCUT2D eigenvalue weighted by Crippen LogP contribution is -2.24. The van der Waals surface area contributed by atoms with Crippen LogP contribution >= 0.6 is 0 Å². The van der Waals surface area contributed by atoms with Crippen LogP contribution in [0, 0.1) is 0 Å². The van der Waals surface area contributed by atoms with E-state index >= 15 is 0 Å². The van der Waals surface area contributed by atoms with E-state index in [4.69, 9.17) is 9.52 Å². The first-order chi connectivity index (χ1) is 11.5. The van der Waals surface area contributed by atoms with Crippen LogP contribution in [0.3, 0.4) is 0 Å². The molecule has 7 heteroatoms. The number of carbonyl (C=O) groups excluding carboxylic acids is 1. The largest absolute Gasteiger partial charge is 0.475 e. The third-order valence-corrected chi connectivity index (χ3v) is 4.35. The van der Waals surface area contributed by atoms with Crippen LogP contribution < -0.4 is 5.32 Å². The highest BCUT2D eigenvalue weighted by Gasteiger charge is 2.33. The van der Waals surface area contributed by atoms with Crippen molar-refractivity contribution in [2.75, 3.05) is 0 Å². The average Bonchev–Trinajstić information content (AvgIpc) is 3.13. The molecule has 0 spiro atoms. The molecule has 2 aromatic rings. The Hall–Kier alpha value is -2.57. The maximum absolute atomic E-state index is 12.5. The van der Waals surface area contributed by atoms with E-state index in [9.17, 15) is 9.59 Å². The van der Waals surface area contributed by atoms with Gasteiger partial charge in [0.15, 0.2) is 0 Å². The molecule has 1 atom stereocenters. The van der Waals surface area contributed by atoms with Gasteiger partial charge in [0.25, 0.3) is 5.91 Å². The minimum absolute atomic E-state index is 0.137. The summed E-state index contributed by atoms with van der Waals surface area (Å²) in [5, 5.41) is 16.0. The van der Waals surface area contributed by atoms with Gasteiger partial charge >= 0.3 is 5.97 Å². The second-order valence-corrected chi connectivity index (χ2v) is 6.17. The van der Waals surface area contributed by atoms with Gasteiger partial charge in [-0.3, -0.25) is 9.48 Å². The Morgan fingerprint density at radius 1 is 1.46 bits per heavy atom. The standard InChI is InChI=1S/C17H21N3O4/c1-3-10(2)20-15(11-4-5-11)13(9-19-20)16(21)18-8-12-6-7-14(24-12)17(22)23/h6-7,9-11H,3-5,8H2,1-2H3,(H,18,21)(H,22,23). The third kappa shape index (κ3) is 3.20. The predicted molar refractivity (Wildman–Crippen MR) is 86.0 cm³/mol. The maximum Gasteiger partial charge on any atom is 0.371 e. The van der Waals surface area contributed by atoms with Gasteiger partial charge in [0.2, 0.25) is 5.76 Å². The molecule has 1 fully saturated rings. The number of nitrogens with one attached hydrogen (secondary N) is 1. The van der Waals surface area contributed by atoms with Crippen molar-refractivity contribution < 1.29 is 19.1 Å². The van der Waals surface area contributed by atoms with Gasteiger partial charge in [-0.05, 0) is 38.3 Å². The Morgan fingerprint density at radius 3 is 2.79 bits per heavy atom. The lowest BCUT2D eigenvalue weighted by atomic mass is 10.1. The Bertz CT molecular complexity index is 758. The van der Waals surface area contributed by atoms with Crippen molar-refractivity contribution in [1.29, 1.82) is 0 Å². The molecule has 24 heavy (non-hydrogen) atoms. The minimum Gasteiger partial charge on any atom is -0.475 e. The van der Waals surface area contributed by atoms with E-state index in [-0.39, 0.29) is 24.3 Å². The van der Waals surface area contributed by atoms with E-state index in [0.717, 1.165) is 25.0 Å². The Kier molecular flexibility index (Phi) is 4.42. The fourth-order valence-electron chi connectivity index (χ4n) is 2.69. The third-order valence-electron chi connectivity index (χ3n) is 4.35. The molecule has 2 N–H and O–H groups in total. The number of carboxylic acid groups (broad SMARTS) is 1. The fraction of sp³-hybridized carbons (Fsp3) is 0.471. The zero-order chi connectivity index (χ0) is 17.3. The number of carbonyl (C=O) groups is 2. The molecule has 128 valence electrons. The van der Waals surface area contributed by atoms with Gasteiger partial charge in [0.1, 0.15) is 5.76 Å². The number of amides is 1. The predicted octanol–water partition coefficient (Wildman–Crippen LogP) is 2.95. The molecule has 1 unspecified atom stereocenters. The van der Waals surface area contributed by atoms with E-state index in [0.29, 0.717) is 17.2 Å². The van der Waals surface area contributed by atoms with Crippen molar-refractivity contribution >= 4 is 11.9 Å². The molecule has 0 aliphatic heterocycles. The molecule has 1 amide bonds. The molecule has 7 nitrogen and oxygen atoms in total. The maximum atomic E-state index is 12.5. The van der Waals surface area contributed by atoms with Crippen LogP contribution in [0.4, 0.5) is 0 Å². The Balaban J connectivity index is 1.72. The molecular weight excluding hydrogens is 310 g/mol. The molecule has 1 aliphatic rings. The molecule has 1 saturated carbocycles. The van der Waals surface area contributed by atoms with Crippen molar-refractivity contribution in [2.24, 2.45) is 0 Å². The number of hydrogen-bond acceptors (Lipinski definition) is 4. The number of hydrogen-bond donors (Lipinski definition) is 2. The highest BCUT2D eigenvalue weighted by atomic mass is 16.4. The van der Waals surface area contributed by atoms with Gasteiger partial charge in [-0.25, -0.2) is 4.79 Å². The Labute approximate surface area is 139 Å². The fourth-order valence-corrected chi connectivity index (χ4v) is 2.69. The van der Waals surface area contributed by atoms with E-state index in [1.807, 2.05) is 4.68 Å². The summed E-state index contributed by atoms with van der Waals surface area (Å²) in [6, 6.07) is 3.18. The summed E-state index contributed by atoms with van der Waals surface area (Å²) in [7, 11) is 0. The molecule has 0 bridgehead atoms. The summed E-state index contributed by atoms with van der Waals surface area (Å²) in [4.78, 5) is 23.3. The smallest absolute Gasteiger partial charge is 0.371 e. The summed E-state index contributed by atoms with van der Waals surface area (Å²) in [6.07, 6.45) is 4.75. The lowest BCUT2D eigenvalue weighted by molar-refractivity contribution is 0.0660. The summed E-state index contributed by atoms with van der Waals surface area (Å²) >= 11 is 0. The molecular formula is C17H21N3O4. The van der Waals surface area contributed by atoms with Crippen LogP contribution in [0.2, 0.25) is 0 Å². The molecule has 2 aromatic heterocycles. The topological polar surface area (TPSA) is 97.4 Å². The summed E-state index contributed by atoms with van der Waals surface area (Å²) in [5.41, 5.74) is 1.61. The van der Waals surface area contributed by atoms with Crippen molar-refractivity contribution in [2.45, 2.75) is 51.6 Å². The van der Waals surface area contributed by atoms with Crippen LogP contribution in [0.25, 0.3) is 0 Å². The van der Waals surface area contributed by atoms with Gasteiger partial charge in [-0.15, -0.1) is 0 Å². The van der Waals surface area contributed by atoms with Gasteiger partial charge < -0.3 is 14.8 Å². The molecule has 0 radical (unpaired) electrons. The first kappa shape index (κ1) is 16.3. The molecule has 3 rings (SSSR count). The van der Waals surface area contributed by atoms with Gasteiger partial charge in [0.05, 0.1) is 24.0 Å². The van der Waals surface area contributed by atoms with Gasteiger partial charge in [0, 0.05) is 12.0 Å². The number of carboxylic acids is 1. The van der Waals surface area contributed by atoms with Crippen molar-refractivity contribution in [3.63, 3.8) is 0 Å². The van der Waals surface area contributed by atoms with E-state index in [1.54, 1.807) is 12.3 Å². The number of furan rings is 1. The molecule has 0 aromatic carbocycles. The van der Waals surface area contributed by atoms with Crippen LogP contribution in [-0.4, -0.2) is 26.8 Å². The normalized spacial score (nSPS) is 15.2. The number of nitrogens with zero attached hydrogens (tertiary/aromatic N) is 2. The van der Waals surface area contributed by atoms with Crippen molar-refractivity contribution in [1.82, 2.24) is 15.1 Å². The number of rotatable bonds is 7. The Morgan fingerprint density at radius 2 is 2.21 bits per heavy atom. The van der Waals surface area contributed by atoms with Crippen LogP contribution in [-0.2, 0) is 6.54 Å². The average molecular weight is 331 g/mol. The minimum atomic E-state index is -1.13. The van der Waals surface area contributed by atoms with Crippen LogP contribution in [0.15, 0.2) is 22.7 Å². The monoisotopic (exact) mass is 331 g/mol. The highest BCUT2D eigenvalue weighted by Crippen LogP contribution is 2.42. The van der Waals surface area contributed by atoms with E-state index < -0.39 is 5.97 Å². The summed E-state index contributed by atoms with van der Waals surface area (Å²) < 4.78 is 7.11. The SMILES string of the molecule is CCC(C)n1ncc(C(=O)NCc2ccc(C(=O)O)o2)c1C1CC1. The van der Waals surface area contributed by atoms with Crippen molar-refractivity contribution in [3.05, 3.63) is 41.1 Å². The second-order valence-electron chi connectivity index (χ2n) is 6.17. The van der Waals surface area contributed by atoms with Crippen LogP contribution in [0.5, 0.6) is 0 Å². The van der Waals surface area contributed by atoms with E-state index in [2.05, 4.69) is 24.3 Å². The number of aromatic nitrogens is 2. The molecule has 2 heterocycles.